The van der Waals surface area contributed by atoms with Crippen molar-refractivity contribution in [3.05, 3.63) is 53.6 Å². The van der Waals surface area contributed by atoms with Crippen molar-refractivity contribution in [2.24, 2.45) is 0 Å². The molecule has 140 valence electrons. The minimum atomic E-state index is -3.66. The molecule has 2 aromatic carbocycles. The van der Waals surface area contributed by atoms with Crippen LogP contribution in [-0.2, 0) is 14.8 Å². The fraction of sp³-hybridized carbons (Fsp3) is 0.316. The molecule has 0 heterocycles. The van der Waals surface area contributed by atoms with E-state index < -0.39 is 22.0 Å². The van der Waals surface area contributed by atoms with Gasteiger partial charge in [-0.2, -0.15) is 0 Å². The van der Waals surface area contributed by atoms with Crippen LogP contribution in [0, 0.1) is 13.8 Å². The molecule has 2 rings (SSSR count). The Morgan fingerprint density at radius 3 is 2.35 bits per heavy atom. The van der Waals surface area contributed by atoms with E-state index in [-0.39, 0.29) is 0 Å². The molecule has 2 aromatic rings. The third kappa shape index (κ3) is 4.35. The molecule has 7 heteroatoms. The smallest absolute Gasteiger partial charge is 0.248 e. The topological polar surface area (TPSA) is 75.7 Å². The zero-order chi connectivity index (χ0) is 19.5. The van der Waals surface area contributed by atoms with Gasteiger partial charge in [0.25, 0.3) is 0 Å². The Labute approximate surface area is 154 Å². The number of sulfonamides is 1. The molecular weight excluding hydrogens is 352 g/mol. The molecular formula is C19H24N2O4S. The highest BCUT2D eigenvalue weighted by Gasteiger charge is 2.29. The number of hydrogen-bond acceptors (Lipinski definition) is 4. The van der Waals surface area contributed by atoms with Crippen molar-refractivity contribution in [1.29, 1.82) is 0 Å². The number of carbonyl (C=O) groups is 1. The largest absolute Gasteiger partial charge is 0.495 e. The molecule has 0 aliphatic heterocycles. The summed E-state index contributed by atoms with van der Waals surface area (Å²) in [6.07, 6.45) is 1.09. The number of ether oxygens (including phenoxy) is 1. The molecule has 0 aliphatic rings. The summed E-state index contributed by atoms with van der Waals surface area (Å²) < 4.78 is 31.1. The van der Waals surface area contributed by atoms with Gasteiger partial charge in [0.1, 0.15) is 11.8 Å². The van der Waals surface area contributed by atoms with E-state index in [0.717, 1.165) is 21.7 Å². The lowest BCUT2D eigenvalue weighted by Gasteiger charge is -2.29. The van der Waals surface area contributed by atoms with E-state index >= 15 is 0 Å². The summed E-state index contributed by atoms with van der Waals surface area (Å²) in [5.41, 5.74) is 2.94. The zero-order valence-electron chi connectivity index (χ0n) is 15.6. The lowest BCUT2D eigenvalue weighted by molar-refractivity contribution is -0.116. The summed E-state index contributed by atoms with van der Waals surface area (Å²) in [6.45, 7) is 5.40. The molecule has 0 fully saturated rings. The fourth-order valence-corrected chi connectivity index (χ4v) is 3.82. The summed E-state index contributed by atoms with van der Waals surface area (Å²) in [5.74, 6) is 0.0586. The second-order valence-corrected chi connectivity index (χ2v) is 8.05. The number of carbonyl (C=O) groups excluding carboxylic acids is 1. The highest BCUT2D eigenvalue weighted by Crippen LogP contribution is 2.26. The second-order valence-electron chi connectivity index (χ2n) is 6.19. The average molecular weight is 376 g/mol. The van der Waals surface area contributed by atoms with Gasteiger partial charge in [-0.3, -0.25) is 9.10 Å². The highest BCUT2D eigenvalue weighted by atomic mass is 32.2. The standard InChI is InChI=1S/C19H24N2O4S/c1-13-10-11-16(12-14(13)2)21(26(5,23)24)15(3)19(22)20-17-8-6-7-9-18(17)25-4/h6-12,15H,1-5H3,(H,20,22). The Hall–Kier alpha value is -2.54. The molecule has 0 radical (unpaired) electrons. The molecule has 1 N–H and O–H groups in total. The van der Waals surface area contributed by atoms with Crippen molar-refractivity contribution in [3.8, 4) is 5.75 Å². The Morgan fingerprint density at radius 2 is 1.77 bits per heavy atom. The van der Waals surface area contributed by atoms with Crippen molar-refractivity contribution in [3.63, 3.8) is 0 Å². The number of aryl methyl sites for hydroxylation is 2. The summed E-state index contributed by atoms with van der Waals surface area (Å²) >= 11 is 0. The van der Waals surface area contributed by atoms with Crippen LogP contribution in [0.25, 0.3) is 0 Å². The van der Waals surface area contributed by atoms with Gasteiger partial charge in [0.15, 0.2) is 0 Å². The SMILES string of the molecule is COc1ccccc1NC(=O)C(C)N(c1ccc(C)c(C)c1)S(C)(=O)=O. The number of amides is 1. The van der Waals surface area contributed by atoms with Gasteiger partial charge in [-0.05, 0) is 56.2 Å². The van der Waals surface area contributed by atoms with E-state index in [1.807, 2.05) is 19.9 Å². The molecule has 0 aromatic heterocycles. The van der Waals surface area contributed by atoms with Crippen LogP contribution < -0.4 is 14.4 Å². The Balaban J connectivity index is 2.36. The van der Waals surface area contributed by atoms with Crippen molar-refractivity contribution in [2.75, 3.05) is 23.0 Å². The molecule has 26 heavy (non-hydrogen) atoms. The van der Waals surface area contributed by atoms with Crippen LogP contribution >= 0.6 is 0 Å². The van der Waals surface area contributed by atoms with Crippen LogP contribution in [0.4, 0.5) is 11.4 Å². The molecule has 6 nitrogen and oxygen atoms in total. The number of benzene rings is 2. The van der Waals surface area contributed by atoms with E-state index in [1.165, 1.54) is 7.11 Å². The van der Waals surface area contributed by atoms with E-state index in [4.69, 9.17) is 4.74 Å². The number of methoxy groups -OCH3 is 1. The molecule has 0 aliphatic carbocycles. The number of rotatable bonds is 6. The second kappa shape index (κ2) is 7.78. The van der Waals surface area contributed by atoms with Crippen LogP contribution in [0.1, 0.15) is 18.1 Å². The molecule has 1 unspecified atom stereocenters. The first-order chi connectivity index (χ1) is 12.1. The van der Waals surface area contributed by atoms with Crippen molar-refractivity contribution < 1.29 is 17.9 Å². The maximum atomic E-state index is 12.7. The third-order valence-corrected chi connectivity index (χ3v) is 5.44. The number of para-hydroxylation sites is 2. The van der Waals surface area contributed by atoms with Gasteiger partial charge < -0.3 is 10.1 Å². The van der Waals surface area contributed by atoms with Gasteiger partial charge in [-0.1, -0.05) is 18.2 Å². The third-order valence-electron chi connectivity index (χ3n) is 4.20. The normalized spacial score (nSPS) is 12.3. The summed E-state index contributed by atoms with van der Waals surface area (Å²) in [6, 6.07) is 11.4. The van der Waals surface area contributed by atoms with Crippen LogP contribution in [0.15, 0.2) is 42.5 Å². The first-order valence-electron chi connectivity index (χ1n) is 8.15. The molecule has 0 spiro atoms. The number of hydrogen-bond donors (Lipinski definition) is 1. The minimum Gasteiger partial charge on any atom is -0.495 e. The molecule has 0 saturated heterocycles. The Kier molecular flexibility index (Phi) is 5.92. The van der Waals surface area contributed by atoms with E-state index in [9.17, 15) is 13.2 Å². The summed E-state index contributed by atoms with van der Waals surface area (Å²) in [5, 5.41) is 2.74. The maximum absolute atomic E-state index is 12.7. The lowest BCUT2D eigenvalue weighted by Crippen LogP contribution is -2.45. The maximum Gasteiger partial charge on any atom is 0.248 e. The molecule has 0 bridgehead atoms. The van der Waals surface area contributed by atoms with E-state index in [2.05, 4.69) is 5.32 Å². The quantitative estimate of drug-likeness (QED) is 0.840. The zero-order valence-corrected chi connectivity index (χ0v) is 16.4. The van der Waals surface area contributed by atoms with E-state index in [1.54, 1.807) is 43.3 Å². The van der Waals surface area contributed by atoms with Gasteiger partial charge in [-0.15, -0.1) is 0 Å². The van der Waals surface area contributed by atoms with Crippen molar-refractivity contribution in [1.82, 2.24) is 0 Å². The predicted octanol–water partition coefficient (Wildman–Crippen LogP) is 3.11. The molecule has 1 amide bonds. The Morgan fingerprint density at radius 1 is 1.12 bits per heavy atom. The van der Waals surface area contributed by atoms with Crippen LogP contribution in [0.2, 0.25) is 0 Å². The van der Waals surface area contributed by atoms with Gasteiger partial charge in [0.2, 0.25) is 15.9 Å². The summed E-state index contributed by atoms with van der Waals surface area (Å²) in [4.78, 5) is 12.7. The molecule has 1 atom stereocenters. The Bertz CT molecular complexity index is 910. The molecule has 0 saturated carbocycles. The monoisotopic (exact) mass is 376 g/mol. The van der Waals surface area contributed by atoms with Gasteiger partial charge in [0.05, 0.1) is 24.7 Å². The first kappa shape index (κ1) is 19.8. The lowest BCUT2D eigenvalue weighted by atomic mass is 10.1. The van der Waals surface area contributed by atoms with E-state index in [0.29, 0.717) is 17.1 Å². The number of anilines is 2. The first-order valence-corrected chi connectivity index (χ1v) is 10.0. The van der Waals surface area contributed by atoms with Crippen LogP contribution in [0.5, 0.6) is 5.75 Å². The average Bonchev–Trinajstić information content (AvgIpc) is 2.57. The number of nitrogens with one attached hydrogen (secondary N) is 1. The minimum absolute atomic E-state index is 0.446. The predicted molar refractivity (Wildman–Crippen MR) is 104 cm³/mol. The highest BCUT2D eigenvalue weighted by molar-refractivity contribution is 7.92. The van der Waals surface area contributed by atoms with Gasteiger partial charge in [-0.25, -0.2) is 8.42 Å². The van der Waals surface area contributed by atoms with Gasteiger partial charge in [0, 0.05) is 0 Å². The number of nitrogens with zero attached hydrogens (tertiary/aromatic N) is 1. The van der Waals surface area contributed by atoms with Crippen molar-refractivity contribution >= 4 is 27.3 Å². The van der Waals surface area contributed by atoms with Crippen LogP contribution in [-0.4, -0.2) is 33.7 Å². The van der Waals surface area contributed by atoms with Crippen LogP contribution in [0.3, 0.4) is 0 Å². The fourth-order valence-electron chi connectivity index (χ4n) is 2.66. The summed E-state index contributed by atoms with van der Waals surface area (Å²) in [7, 11) is -2.15. The van der Waals surface area contributed by atoms with Gasteiger partial charge >= 0.3 is 0 Å². The van der Waals surface area contributed by atoms with Crippen molar-refractivity contribution in [2.45, 2.75) is 26.8 Å².